The van der Waals surface area contributed by atoms with E-state index in [2.05, 4.69) is 12.2 Å². The number of rotatable bonds is 1. The zero-order chi connectivity index (χ0) is 8.32. The molecule has 0 spiro atoms. The molecule has 0 N–H and O–H groups in total. The summed E-state index contributed by atoms with van der Waals surface area (Å²) in [5.41, 5.74) is 0. The van der Waals surface area contributed by atoms with Gasteiger partial charge < -0.3 is 0 Å². The Kier molecular flexibility index (Phi) is 3.50. The monoisotopic (exact) mass is 204 g/mol. The molecular formula is C8H13PS2. The van der Waals surface area contributed by atoms with E-state index < -0.39 is 5.24 Å². The molecule has 0 radical (unpaired) electrons. The SMILES string of the molecule is C#CC1CCP(=S)(SC)CC1. The van der Waals surface area contributed by atoms with Crippen molar-refractivity contribution in [1.82, 2.24) is 0 Å². The molecule has 0 atom stereocenters. The van der Waals surface area contributed by atoms with E-state index in [1.54, 1.807) is 0 Å². The lowest BCUT2D eigenvalue weighted by Crippen LogP contribution is -2.10. The molecule has 0 nitrogen and oxygen atoms in total. The molecule has 62 valence electrons. The van der Waals surface area contributed by atoms with Crippen molar-refractivity contribution in [3.8, 4) is 12.3 Å². The summed E-state index contributed by atoms with van der Waals surface area (Å²) in [4.78, 5) is 0. The van der Waals surface area contributed by atoms with Crippen LogP contribution in [0.15, 0.2) is 0 Å². The fourth-order valence-electron chi connectivity index (χ4n) is 1.31. The first-order valence-electron chi connectivity index (χ1n) is 3.80. The van der Waals surface area contributed by atoms with Gasteiger partial charge in [0.25, 0.3) is 0 Å². The molecule has 1 heterocycles. The van der Waals surface area contributed by atoms with Gasteiger partial charge in [0.2, 0.25) is 0 Å². The molecule has 0 aromatic rings. The third kappa shape index (κ3) is 2.51. The van der Waals surface area contributed by atoms with Gasteiger partial charge in [0.05, 0.1) is 0 Å². The first-order chi connectivity index (χ1) is 5.20. The van der Waals surface area contributed by atoms with Crippen LogP contribution in [0.4, 0.5) is 0 Å². The zero-order valence-electron chi connectivity index (χ0n) is 6.75. The van der Waals surface area contributed by atoms with Crippen LogP contribution in [0.25, 0.3) is 0 Å². The Hall–Kier alpha value is 0.560. The van der Waals surface area contributed by atoms with Gasteiger partial charge in [-0.1, -0.05) is 11.8 Å². The predicted octanol–water partition coefficient (Wildman–Crippen LogP) is 2.79. The van der Waals surface area contributed by atoms with Crippen LogP contribution in [0.1, 0.15) is 12.8 Å². The molecular weight excluding hydrogens is 191 g/mol. The summed E-state index contributed by atoms with van der Waals surface area (Å²) in [5, 5.41) is -0.990. The van der Waals surface area contributed by atoms with Crippen LogP contribution < -0.4 is 0 Å². The van der Waals surface area contributed by atoms with Gasteiger partial charge >= 0.3 is 0 Å². The predicted molar refractivity (Wildman–Crippen MR) is 59.1 cm³/mol. The van der Waals surface area contributed by atoms with E-state index in [-0.39, 0.29) is 0 Å². The van der Waals surface area contributed by atoms with Gasteiger partial charge in [0.1, 0.15) is 0 Å². The van der Waals surface area contributed by atoms with Crippen molar-refractivity contribution < 1.29 is 0 Å². The Bertz CT molecular complexity index is 205. The highest BCUT2D eigenvalue weighted by molar-refractivity contribution is 8.70. The maximum atomic E-state index is 5.56. The molecule has 0 bridgehead atoms. The van der Waals surface area contributed by atoms with Crippen molar-refractivity contribution in [1.29, 1.82) is 0 Å². The lowest BCUT2D eigenvalue weighted by Gasteiger charge is -2.27. The molecule has 0 saturated carbocycles. The molecule has 1 aliphatic rings. The van der Waals surface area contributed by atoms with E-state index in [0.29, 0.717) is 5.92 Å². The standard InChI is InChI=1S/C8H13PS2/c1-3-8-4-6-9(10,11-2)7-5-8/h1,8H,4-7H2,2H3. The van der Waals surface area contributed by atoms with Gasteiger partial charge in [-0.25, -0.2) is 0 Å². The molecule has 1 rings (SSSR count). The van der Waals surface area contributed by atoms with Gasteiger partial charge in [0.15, 0.2) is 0 Å². The summed E-state index contributed by atoms with van der Waals surface area (Å²) < 4.78 is 0. The van der Waals surface area contributed by atoms with Gasteiger partial charge in [0, 0.05) is 11.2 Å². The molecule has 11 heavy (non-hydrogen) atoms. The minimum absolute atomic E-state index is 0.526. The molecule has 1 fully saturated rings. The molecule has 0 unspecified atom stereocenters. The van der Waals surface area contributed by atoms with Crippen molar-refractivity contribution >= 4 is 28.4 Å². The van der Waals surface area contributed by atoms with E-state index in [0.717, 1.165) is 0 Å². The first-order valence-corrected chi connectivity index (χ1v) is 8.80. The summed E-state index contributed by atoms with van der Waals surface area (Å²) in [7, 11) is 0. The van der Waals surface area contributed by atoms with Crippen LogP contribution in [0.5, 0.6) is 0 Å². The number of terminal acetylenes is 1. The minimum Gasteiger partial charge on any atom is -0.127 e. The molecule has 3 heteroatoms. The Morgan fingerprint density at radius 1 is 1.55 bits per heavy atom. The van der Waals surface area contributed by atoms with Crippen molar-refractivity contribution in [3.05, 3.63) is 0 Å². The fourth-order valence-corrected chi connectivity index (χ4v) is 5.67. The quantitative estimate of drug-likeness (QED) is 0.476. The van der Waals surface area contributed by atoms with Crippen LogP contribution >= 0.6 is 16.6 Å². The van der Waals surface area contributed by atoms with Crippen molar-refractivity contribution in [2.45, 2.75) is 12.8 Å². The lowest BCUT2D eigenvalue weighted by molar-refractivity contribution is 0.618. The molecule has 0 amide bonds. The van der Waals surface area contributed by atoms with Crippen molar-refractivity contribution in [2.24, 2.45) is 5.92 Å². The first kappa shape index (κ1) is 9.65. The summed E-state index contributed by atoms with van der Waals surface area (Å²) in [6.07, 6.45) is 12.3. The second-order valence-electron chi connectivity index (χ2n) is 2.89. The largest absolute Gasteiger partial charge is 0.127 e. The fraction of sp³-hybridized carbons (Fsp3) is 0.750. The number of hydrogen-bond acceptors (Lipinski definition) is 2. The molecule has 0 aromatic heterocycles. The van der Waals surface area contributed by atoms with Gasteiger partial charge in [-0.3, -0.25) is 0 Å². The summed E-state index contributed by atoms with van der Waals surface area (Å²) >= 11 is 7.48. The van der Waals surface area contributed by atoms with E-state index in [9.17, 15) is 0 Å². The van der Waals surface area contributed by atoms with Gasteiger partial charge in [-0.15, -0.1) is 23.7 Å². The molecule has 1 saturated heterocycles. The Morgan fingerprint density at radius 2 is 2.09 bits per heavy atom. The second kappa shape index (κ2) is 3.99. The van der Waals surface area contributed by atoms with Gasteiger partial charge in [-0.2, -0.15) is 0 Å². The average molecular weight is 204 g/mol. The minimum atomic E-state index is -0.990. The normalized spacial score (nSPS) is 38.0. The van der Waals surface area contributed by atoms with Crippen LogP contribution in [0.3, 0.4) is 0 Å². The highest BCUT2D eigenvalue weighted by atomic mass is 32.9. The lowest BCUT2D eigenvalue weighted by atomic mass is 10.1. The van der Waals surface area contributed by atoms with Gasteiger partial charge in [-0.05, 0) is 31.4 Å². The highest BCUT2D eigenvalue weighted by Crippen LogP contribution is 2.61. The van der Waals surface area contributed by atoms with Crippen LogP contribution in [0, 0.1) is 18.3 Å². The van der Waals surface area contributed by atoms with E-state index in [4.69, 9.17) is 18.2 Å². The summed E-state index contributed by atoms with van der Waals surface area (Å²) in [6, 6.07) is 0. The van der Waals surface area contributed by atoms with Crippen LogP contribution in [-0.2, 0) is 11.8 Å². The molecule has 0 aliphatic carbocycles. The zero-order valence-corrected chi connectivity index (χ0v) is 9.27. The Balaban J connectivity index is 2.49. The van der Waals surface area contributed by atoms with Crippen molar-refractivity contribution in [3.63, 3.8) is 0 Å². The second-order valence-corrected chi connectivity index (χ2v) is 11.8. The summed E-state index contributed by atoms with van der Waals surface area (Å²) in [6.45, 7) is 0. The third-order valence-corrected chi connectivity index (χ3v) is 10.3. The smallest absolute Gasteiger partial charge is 0.0208 e. The molecule has 0 aromatic carbocycles. The number of hydrogen-bond donors (Lipinski definition) is 0. The van der Waals surface area contributed by atoms with E-state index >= 15 is 0 Å². The summed E-state index contributed by atoms with van der Waals surface area (Å²) in [5.74, 6) is 3.35. The maximum absolute atomic E-state index is 5.56. The van der Waals surface area contributed by atoms with Crippen molar-refractivity contribution in [2.75, 3.05) is 18.6 Å². The molecule has 1 aliphatic heterocycles. The average Bonchev–Trinajstić information content (AvgIpc) is 2.06. The van der Waals surface area contributed by atoms with Crippen LogP contribution in [-0.4, -0.2) is 18.6 Å². The third-order valence-electron chi connectivity index (χ3n) is 2.20. The maximum Gasteiger partial charge on any atom is 0.0208 e. The highest BCUT2D eigenvalue weighted by Gasteiger charge is 2.23. The van der Waals surface area contributed by atoms with E-state index in [1.165, 1.54) is 25.2 Å². The van der Waals surface area contributed by atoms with E-state index in [1.807, 2.05) is 11.4 Å². The Morgan fingerprint density at radius 3 is 2.45 bits per heavy atom. The van der Waals surface area contributed by atoms with Crippen LogP contribution in [0.2, 0.25) is 0 Å². The Labute approximate surface area is 78.3 Å². The topological polar surface area (TPSA) is 0 Å².